The van der Waals surface area contributed by atoms with Crippen LogP contribution in [0.25, 0.3) is 11.8 Å². The average molecular weight is 325 g/mol. The van der Waals surface area contributed by atoms with Gasteiger partial charge in [-0.15, -0.1) is 0 Å². The molecule has 2 aromatic carbocycles. The Morgan fingerprint density at radius 3 is 2.29 bits per heavy atom. The van der Waals surface area contributed by atoms with Crippen LogP contribution in [0.2, 0.25) is 0 Å². The second-order valence-corrected chi connectivity index (χ2v) is 5.32. The van der Waals surface area contributed by atoms with Crippen molar-refractivity contribution in [3.63, 3.8) is 0 Å². The quantitative estimate of drug-likeness (QED) is 0.737. The van der Waals surface area contributed by atoms with Crippen LogP contribution in [0, 0.1) is 0 Å². The highest BCUT2D eigenvalue weighted by Crippen LogP contribution is 2.20. The molecule has 2 rings (SSSR count). The van der Waals surface area contributed by atoms with Crippen LogP contribution in [-0.2, 0) is 0 Å². The minimum atomic E-state index is -0.682. The largest absolute Gasteiger partial charge is 0.494 e. The first kappa shape index (κ1) is 17.5. The molecule has 0 radical (unpaired) electrons. The molecule has 0 saturated carbocycles. The Hall–Kier alpha value is -2.88. The van der Waals surface area contributed by atoms with Gasteiger partial charge in [0, 0.05) is 19.2 Å². The molecule has 0 spiro atoms. The first-order chi connectivity index (χ1) is 11.6. The fourth-order valence-corrected chi connectivity index (χ4v) is 2.40. The van der Waals surface area contributed by atoms with Gasteiger partial charge in [-0.2, -0.15) is 0 Å². The summed E-state index contributed by atoms with van der Waals surface area (Å²) in [6.07, 6.45) is 3.96. The Balaban J connectivity index is 2.03. The SMILES string of the molecule is CCOc1ccc(/C=C/CN(C)C(=C(O)O)c2ccccc2)cc1. The minimum Gasteiger partial charge on any atom is -0.494 e. The molecule has 4 heteroatoms. The van der Waals surface area contributed by atoms with E-state index in [1.807, 2.05) is 80.7 Å². The van der Waals surface area contributed by atoms with E-state index in [1.165, 1.54) is 0 Å². The third-order valence-electron chi connectivity index (χ3n) is 3.52. The van der Waals surface area contributed by atoms with E-state index < -0.39 is 5.95 Å². The summed E-state index contributed by atoms with van der Waals surface area (Å²) in [5.74, 6) is 0.171. The molecule has 0 fully saturated rings. The Morgan fingerprint density at radius 1 is 1.04 bits per heavy atom. The second kappa shape index (κ2) is 8.67. The molecule has 2 N–H and O–H groups in total. The maximum absolute atomic E-state index is 9.59. The van der Waals surface area contributed by atoms with Gasteiger partial charge in [0.1, 0.15) is 11.4 Å². The van der Waals surface area contributed by atoms with E-state index in [4.69, 9.17) is 4.74 Å². The summed E-state index contributed by atoms with van der Waals surface area (Å²) in [7, 11) is 1.82. The molecule has 0 aliphatic heterocycles. The molecule has 24 heavy (non-hydrogen) atoms. The number of hydrogen-bond acceptors (Lipinski definition) is 4. The van der Waals surface area contributed by atoms with Crippen LogP contribution in [0.4, 0.5) is 0 Å². The molecule has 0 aliphatic carbocycles. The monoisotopic (exact) mass is 325 g/mol. The van der Waals surface area contributed by atoms with Gasteiger partial charge in [-0.1, -0.05) is 54.6 Å². The van der Waals surface area contributed by atoms with E-state index in [2.05, 4.69) is 0 Å². The Kier molecular flexibility index (Phi) is 6.32. The Bertz CT molecular complexity index is 687. The van der Waals surface area contributed by atoms with Crippen molar-refractivity contribution < 1.29 is 14.9 Å². The van der Waals surface area contributed by atoms with Crippen LogP contribution in [0.5, 0.6) is 5.75 Å². The van der Waals surface area contributed by atoms with Gasteiger partial charge in [-0.05, 0) is 24.6 Å². The molecule has 0 heterocycles. The molecule has 0 aromatic heterocycles. The molecule has 0 amide bonds. The highest BCUT2D eigenvalue weighted by molar-refractivity contribution is 5.64. The second-order valence-electron chi connectivity index (χ2n) is 5.32. The maximum Gasteiger partial charge on any atom is 0.299 e. The van der Waals surface area contributed by atoms with Crippen molar-refractivity contribution in [2.45, 2.75) is 6.92 Å². The lowest BCUT2D eigenvalue weighted by Crippen LogP contribution is -2.18. The number of nitrogens with zero attached hydrogens (tertiary/aromatic N) is 1. The minimum absolute atomic E-state index is 0.395. The summed E-state index contributed by atoms with van der Waals surface area (Å²) in [4.78, 5) is 1.79. The first-order valence-electron chi connectivity index (χ1n) is 7.90. The molecule has 126 valence electrons. The van der Waals surface area contributed by atoms with Crippen molar-refractivity contribution in [1.82, 2.24) is 4.90 Å². The summed E-state index contributed by atoms with van der Waals surface area (Å²) < 4.78 is 5.42. The summed E-state index contributed by atoms with van der Waals surface area (Å²) in [5.41, 5.74) is 2.21. The highest BCUT2D eigenvalue weighted by atomic mass is 16.5. The van der Waals surface area contributed by atoms with Gasteiger partial charge in [0.25, 0.3) is 5.95 Å². The van der Waals surface area contributed by atoms with E-state index in [9.17, 15) is 10.2 Å². The normalized spacial score (nSPS) is 10.6. The van der Waals surface area contributed by atoms with Crippen molar-refractivity contribution in [2.75, 3.05) is 20.2 Å². The van der Waals surface area contributed by atoms with E-state index in [0.717, 1.165) is 16.9 Å². The number of aliphatic hydroxyl groups excluding tert-OH is 1. The smallest absolute Gasteiger partial charge is 0.299 e. The third-order valence-corrected chi connectivity index (χ3v) is 3.52. The van der Waals surface area contributed by atoms with Gasteiger partial charge >= 0.3 is 0 Å². The van der Waals surface area contributed by atoms with Crippen molar-refractivity contribution in [3.8, 4) is 5.75 Å². The highest BCUT2D eigenvalue weighted by Gasteiger charge is 2.12. The zero-order valence-electron chi connectivity index (χ0n) is 14.0. The predicted octanol–water partition coefficient (Wildman–Crippen LogP) is 4.47. The zero-order valence-corrected chi connectivity index (χ0v) is 14.0. The third kappa shape index (κ3) is 4.81. The Morgan fingerprint density at radius 2 is 1.71 bits per heavy atom. The molecule has 0 unspecified atom stereocenters. The van der Waals surface area contributed by atoms with E-state index in [-0.39, 0.29) is 0 Å². The summed E-state index contributed by atoms with van der Waals surface area (Å²) in [5, 5.41) is 19.2. The van der Waals surface area contributed by atoms with Crippen LogP contribution >= 0.6 is 0 Å². The van der Waals surface area contributed by atoms with E-state index in [0.29, 0.717) is 18.8 Å². The van der Waals surface area contributed by atoms with Crippen molar-refractivity contribution >= 4 is 11.8 Å². The fourth-order valence-electron chi connectivity index (χ4n) is 2.40. The molecular weight excluding hydrogens is 302 g/mol. The lowest BCUT2D eigenvalue weighted by atomic mass is 10.1. The lowest BCUT2D eigenvalue weighted by Gasteiger charge is -2.20. The van der Waals surface area contributed by atoms with E-state index >= 15 is 0 Å². The molecule has 0 aliphatic rings. The molecule has 0 bridgehead atoms. The number of aliphatic hydroxyl groups is 2. The molecule has 0 atom stereocenters. The van der Waals surface area contributed by atoms with Gasteiger partial charge in [-0.3, -0.25) is 0 Å². The van der Waals surface area contributed by atoms with Gasteiger partial charge in [0.15, 0.2) is 0 Å². The van der Waals surface area contributed by atoms with Crippen LogP contribution in [0.3, 0.4) is 0 Å². The van der Waals surface area contributed by atoms with E-state index in [1.54, 1.807) is 4.90 Å². The Labute approximate surface area is 142 Å². The van der Waals surface area contributed by atoms with Gasteiger partial charge in [-0.25, -0.2) is 0 Å². The summed E-state index contributed by atoms with van der Waals surface area (Å²) in [6.45, 7) is 3.15. The fraction of sp³-hybridized carbons (Fsp3) is 0.200. The topological polar surface area (TPSA) is 52.9 Å². The standard InChI is InChI=1S/C20H23NO3/c1-3-24-18-13-11-16(12-14-18)8-7-15-21(2)19(20(22)23)17-9-5-4-6-10-17/h4-14,22-23H,3,15H2,1-2H3/b8-7+. The predicted molar refractivity (Wildman–Crippen MR) is 97.9 cm³/mol. The van der Waals surface area contributed by atoms with Crippen LogP contribution < -0.4 is 4.74 Å². The average Bonchev–Trinajstić information content (AvgIpc) is 2.57. The maximum atomic E-state index is 9.59. The molecule has 4 nitrogen and oxygen atoms in total. The number of benzene rings is 2. The zero-order chi connectivity index (χ0) is 17.4. The van der Waals surface area contributed by atoms with Crippen LogP contribution in [-0.4, -0.2) is 35.3 Å². The van der Waals surface area contributed by atoms with Gasteiger partial charge in [0.2, 0.25) is 0 Å². The van der Waals surface area contributed by atoms with Crippen molar-refractivity contribution in [2.24, 2.45) is 0 Å². The van der Waals surface area contributed by atoms with Gasteiger partial charge in [0.05, 0.1) is 6.61 Å². The lowest BCUT2D eigenvalue weighted by molar-refractivity contribution is 0.186. The molecule has 0 saturated heterocycles. The number of ether oxygens (including phenoxy) is 1. The van der Waals surface area contributed by atoms with Crippen LogP contribution in [0.15, 0.2) is 66.6 Å². The number of likely N-dealkylation sites (N-methyl/N-ethyl adjacent to an activating group) is 1. The molecular formula is C20H23NO3. The van der Waals surface area contributed by atoms with Crippen molar-refractivity contribution in [3.05, 3.63) is 77.7 Å². The molecule has 2 aromatic rings. The number of hydrogen-bond donors (Lipinski definition) is 2. The summed E-state index contributed by atoms with van der Waals surface area (Å²) >= 11 is 0. The van der Waals surface area contributed by atoms with Crippen molar-refractivity contribution in [1.29, 1.82) is 0 Å². The summed E-state index contributed by atoms with van der Waals surface area (Å²) in [6, 6.07) is 17.1. The van der Waals surface area contributed by atoms with Crippen LogP contribution in [0.1, 0.15) is 18.1 Å². The first-order valence-corrected chi connectivity index (χ1v) is 7.90. The number of rotatable bonds is 7. The van der Waals surface area contributed by atoms with Gasteiger partial charge < -0.3 is 19.8 Å².